The molecule has 0 aromatic heterocycles. The zero-order chi connectivity index (χ0) is 20.4. The third-order valence-corrected chi connectivity index (χ3v) is 7.23. The SMILES string of the molecule is COc1cccc(C(=O)N2CCC(C(=O)N3CCC[C@]4(CCC[C@H]4O)C3)CC2)c1. The molecule has 3 aliphatic rings. The average molecular weight is 401 g/mol. The Labute approximate surface area is 172 Å². The van der Waals surface area contributed by atoms with Crippen molar-refractivity contribution in [2.24, 2.45) is 11.3 Å². The van der Waals surface area contributed by atoms with E-state index in [1.165, 1.54) is 0 Å². The molecule has 1 N–H and O–H groups in total. The van der Waals surface area contributed by atoms with Gasteiger partial charge in [0.05, 0.1) is 13.2 Å². The maximum atomic E-state index is 13.2. The molecule has 6 heteroatoms. The molecule has 6 nitrogen and oxygen atoms in total. The van der Waals surface area contributed by atoms with E-state index in [-0.39, 0.29) is 29.3 Å². The van der Waals surface area contributed by atoms with Crippen molar-refractivity contribution in [2.45, 2.75) is 51.0 Å². The van der Waals surface area contributed by atoms with E-state index in [0.29, 0.717) is 43.8 Å². The molecule has 1 spiro atoms. The van der Waals surface area contributed by atoms with Crippen LogP contribution in [0.3, 0.4) is 0 Å². The highest BCUT2D eigenvalue weighted by Crippen LogP contribution is 2.45. The Kier molecular flexibility index (Phi) is 5.81. The highest BCUT2D eigenvalue weighted by molar-refractivity contribution is 5.94. The van der Waals surface area contributed by atoms with Crippen LogP contribution in [0.1, 0.15) is 55.3 Å². The zero-order valence-corrected chi connectivity index (χ0v) is 17.3. The predicted octanol–water partition coefficient (Wildman–Crippen LogP) is 2.70. The van der Waals surface area contributed by atoms with Crippen LogP contribution in [0.15, 0.2) is 24.3 Å². The molecule has 0 unspecified atom stereocenters. The molecule has 1 saturated carbocycles. The number of ether oxygens (including phenoxy) is 1. The summed E-state index contributed by atoms with van der Waals surface area (Å²) in [6, 6.07) is 7.22. The molecule has 158 valence electrons. The van der Waals surface area contributed by atoms with E-state index in [1.54, 1.807) is 13.2 Å². The van der Waals surface area contributed by atoms with Crippen LogP contribution in [0.4, 0.5) is 0 Å². The number of benzene rings is 1. The van der Waals surface area contributed by atoms with Gasteiger partial charge in [-0.05, 0) is 56.7 Å². The van der Waals surface area contributed by atoms with Crippen LogP contribution in [0.2, 0.25) is 0 Å². The number of piperidine rings is 2. The molecular formula is C23H32N2O4. The fraction of sp³-hybridized carbons (Fsp3) is 0.652. The summed E-state index contributed by atoms with van der Waals surface area (Å²) in [7, 11) is 1.59. The number of likely N-dealkylation sites (tertiary alicyclic amines) is 2. The van der Waals surface area contributed by atoms with E-state index < -0.39 is 0 Å². The van der Waals surface area contributed by atoms with Crippen LogP contribution >= 0.6 is 0 Å². The number of nitrogens with zero attached hydrogens (tertiary/aromatic N) is 2. The maximum Gasteiger partial charge on any atom is 0.253 e. The number of amides is 2. The zero-order valence-electron chi connectivity index (χ0n) is 17.3. The van der Waals surface area contributed by atoms with Crippen molar-refractivity contribution < 1.29 is 19.4 Å². The van der Waals surface area contributed by atoms with E-state index in [1.807, 2.05) is 28.0 Å². The van der Waals surface area contributed by atoms with Gasteiger partial charge in [0.15, 0.2) is 0 Å². The fourth-order valence-corrected chi connectivity index (χ4v) is 5.47. The molecule has 2 heterocycles. The molecular weight excluding hydrogens is 368 g/mol. The first kappa shape index (κ1) is 20.2. The lowest BCUT2D eigenvalue weighted by Crippen LogP contribution is -2.52. The van der Waals surface area contributed by atoms with Gasteiger partial charge in [-0.2, -0.15) is 0 Å². The van der Waals surface area contributed by atoms with Gasteiger partial charge in [-0.1, -0.05) is 12.5 Å². The lowest BCUT2D eigenvalue weighted by Gasteiger charge is -2.44. The van der Waals surface area contributed by atoms with Gasteiger partial charge in [0.1, 0.15) is 5.75 Å². The minimum Gasteiger partial charge on any atom is -0.497 e. The Morgan fingerprint density at radius 2 is 1.83 bits per heavy atom. The van der Waals surface area contributed by atoms with Crippen molar-refractivity contribution in [3.63, 3.8) is 0 Å². The van der Waals surface area contributed by atoms with Crippen LogP contribution in [0.25, 0.3) is 0 Å². The highest BCUT2D eigenvalue weighted by Gasteiger charge is 2.46. The van der Waals surface area contributed by atoms with Crippen molar-refractivity contribution in [1.82, 2.24) is 9.80 Å². The molecule has 1 aromatic carbocycles. The van der Waals surface area contributed by atoms with Gasteiger partial charge in [0, 0.05) is 43.1 Å². The number of hydrogen-bond donors (Lipinski definition) is 1. The van der Waals surface area contributed by atoms with Crippen molar-refractivity contribution in [2.75, 3.05) is 33.3 Å². The van der Waals surface area contributed by atoms with Crippen molar-refractivity contribution in [3.8, 4) is 5.75 Å². The second kappa shape index (κ2) is 8.34. The van der Waals surface area contributed by atoms with E-state index >= 15 is 0 Å². The molecule has 2 aliphatic heterocycles. The van der Waals surface area contributed by atoms with Crippen LogP contribution in [-0.2, 0) is 4.79 Å². The molecule has 1 aliphatic carbocycles. The first-order chi connectivity index (χ1) is 14.0. The van der Waals surface area contributed by atoms with Crippen molar-refractivity contribution in [1.29, 1.82) is 0 Å². The van der Waals surface area contributed by atoms with Crippen LogP contribution in [0.5, 0.6) is 5.75 Å². The quantitative estimate of drug-likeness (QED) is 0.847. The summed E-state index contributed by atoms with van der Waals surface area (Å²) in [6.07, 6.45) is 6.13. The van der Waals surface area contributed by atoms with Gasteiger partial charge in [-0.25, -0.2) is 0 Å². The Morgan fingerprint density at radius 1 is 1.07 bits per heavy atom. The molecule has 3 fully saturated rings. The summed E-state index contributed by atoms with van der Waals surface area (Å²) in [4.78, 5) is 29.8. The van der Waals surface area contributed by atoms with Gasteiger partial charge in [0.2, 0.25) is 5.91 Å². The topological polar surface area (TPSA) is 70.1 Å². The van der Waals surface area contributed by atoms with Crippen molar-refractivity contribution in [3.05, 3.63) is 29.8 Å². The van der Waals surface area contributed by atoms with Crippen LogP contribution in [0, 0.1) is 11.3 Å². The lowest BCUT2D eigenvalue weighted by atomic mass is 9.76. The molecule has 29 heavy (non-hydrogen) atoms. The highest BCUT2D eigenvalue weighted by atomic mass is 16.5. The maximum absolute atomic E-state index is 13.2. The lowest BCUT2D eigenvalue weighted by molar-refractivity contribution is -0.142. The molecule has 2 saturated heterocycles. The molecule has 4 rings (SSSR count). The number of carbonyl (C=O) groups is 2. The van der Waals surface area contributed by atoms with E-state index in [4.69, 9.17) is 4.74 Å². The number of rotatable bonds is 3. The Bertz CT molecular complexity index is 759. The van der Waals surface area contributed by atoms with Gasteiger partial charge in [0.25, 0.3) is 5.91 Å². The minimum atomic E-state index is -0.263. The average Bonchev–Trinajstić information content (AvgIpc) is 3.11. The number of methoxy groups -OCH3 is 1. The fourth-order valence-electron chi connectivity index (χ4n) is 5.47. The normalized spacial score (nSPS) is 28.0. The van der Waals surface area contributed by atoms with Gasteiger partial charge < -0.3 is 19.6 Å². The van der Waals surface area contributed by atoms with Crippen molar-refractivity contribution >= 4 is 11.8 Å². The van der Waals surface area contributed by atoms with Crippen LogP contribution < -0.4 is 4.74 Å². The summed E-state index contributed by atoms with van der Waals surface area (Å²) in [5.41, 5.74) is 0.555. The van der Waals surface area contributed by atoms with Gasteiger partial charge in [-0.15, -0.1) is 0 Å². The van der Waals surface area contributed by atoms with E-state index in [0.717, 1.165) is 38.6 Å². The van der Waals surface area contributed by atoms with E-state index in [9.17, 15) is 14.7 Å². The first-order valence-corrected chi connectivity index (χ1v) is 10.9. The van der Waals surface area contributed by atoms with Crippen LogP contribution in [-0.4, -0.2) is 66.1 Å². The Balaban J connectivity index is 1.34. The number of carbonyl (C=O) groups excluding carboxylic acids is 2. The van der Waals surface area contributed by atoms with Gasteiger partial charge >= 0.3 is 0 Å². The summed E-state index contributed by atoms with van der Waals surface area (Å²) >= 11 is 0. The molecule has 0 bridgehead atoms. The number of hydrogen-bond acceptors (Lipinski definition) is 4. The third-order valence-electron chi connectivity index (χ3n) is 7.23. The Morgan fingerprint density at radius 3 is 2.52 bits per heavy atom. The third kappa shape index (κ3) is 4.00. The summed E-state index contributed by atoms with van der Waals surface area (Å²) in [5, 5.41) is 10.5. The molecule has 0 radical (unpaired) electrons. The van der Waals surface area contributed by atoms with E-state index in [2.05, 4.69) is 0 Å². The number of aliphatic hydroxyl groups is 1. The molecule has 2 amide bonds. The smallest absolute Gasteiger partial charge is 0.253 e. The standard InChI is InChI=1S/C23H32N2O4/c1-29-19-6-2-5-18(15-19)22(28)24-13-8-17(9-14-24)21(27)25-12-4-11-23(16-25)10-3-7-20(23)26/h2,5-6,15,17,20,26H,3-4,7-14,16H2,1H3/t20-,23-/m1/s1. The Hall–Kier alpha value is -2.08. The molecule has 2 atom stereocenters. The predicted molar refractivity (Wildman–Crippen MR) is 110 cm³/mol. The van der Waals surface area contributed by atoms with Gasteiger partial charge in [-0.3, -0.25) is 9.59 Å². The summed E-state index contributed by atoms with van der Waals surface area (Å²) in [6.45, 7) is 2.72. The largest absolute Gasteiger partial charge is 0.497 e. The minimum absolute atomic E-state index is 0.000743. The molecule has 1 aromatic rings. The first-order valence-electron chi connectivity index (χ1n) is 10.9. The monoisotopic (exact) mass is 400 g/mol. The number of aliphatic hydroxyl groups excluding tert-OH is 1. The summed E-state index contributed by atoms with van der Waals surface area (Å²) in [5.74, 6) is 0.879. The second-order valence-corrected chi connectivity index (χ2v) is 8.93. The second-order valence-electron chi connectivity index (χ2n) is 8.93. The summed E-state index contributed by atoms with van der Waals surface area (Å²) < 4.78 is 5.22.